The van der Waals surface area contributed by atoms with E-state index in [0.29, 0.717) is 5.41 Å². The molecule has 0 aromatic heterocycles. The third-order valence-corrected chi connectivity index (χ3v) is 5.39. The van der Waals surface area contributed by atoms with Crippen molar-refractivity contribution in [3.63, 3.8) is 0 Å². The minimum Gasteiger partial charge on any atom is -0.341 e. The van der Waals surface area contributed by atoms with Crippen molar-refractivity contribution in [2.45, 2.75) is 51.0 Å². The van der Waals surface area contributed by atoms with Gasteiger partial charge in [0.15, 0.2) is 0 Å². The summed E-state index contributed by atoms with van der Waals surface area (Å²) in [6, 6.07) is -0.282. The first-order chi connectivity index (χ1) is 8.67. The molecule has 3 nitrogen and oxygen atoms in total. The van der Waals surface area contributed by atoms with Gasteiger partial charge in [-0.25, -0.2) is 0 Å². The lowest BCUT2D eigenvalue weighted by Crippen LogP contribution is -2.49. The maximum absolute atomic E-state index is 12.2. The summed E-state index contributed by atoms with van der Waals surface area (Å²) in [7, 11) is 0. The summed E-state index contributed by atoms with van der Waals surface area (Å²) in [4.78, 5) is 14.2. The van der Waals surface area contributed by atoms with Crippen LogP contribution in [0.3, 0.4) is 0 Å². The minimum atomic E-state index is -0.282. The second-order valence-corrected chi connectivity index (χ2v) is 6.91. The van der Waals surface area contributed by atoms with E-state index in [1.54, 1.807) is 11.8 Å². The van der Waals surface area contributed by atoms with E-state index < -0.39 is 0 Å². The Morgan fingerprint density at radius 3 is 2.44 bits per heavy atom. The number of amides is 1. The largest absolute Gasteiger partial charge is 0.341 e. The fraction of sp³-hybridized carbons (Fsp3) is 0.929. The lowest BCUT2D eigenvalue weighted by molar-refractivity contribution is -0.134. The van der Waals surface area contributed by atoms with Crippen LogP contribution in [0.4, 0.5) is 0 Å². The van der Waals surface area contributed by atoms with Crippen LogP contribution in [-0.4, -0.2) is 41.9 Å². The topological polar surface area (TPSA) is 46.3 Å². The molecule has 0 radical (unpaired) electrons. The van der Waals surface area contributed by atoms with E-state index in [2.05, 4.69) is 6.26 Å². The molecule has 4 heteroatoms. The third-order valence-electron chi connectivity index (χ3n) is 4.75. The van der Waals surface area contributed by atoms with E-state index in [1.807, 2.05) is 4.90 Å². The molecule has 0 aromatic rings. The van der Waals surface area contributed by atoms with Crippen LogP contribution in [0.5, 0.6) is 0 Å². The zero-order chi connectivity index (χ0) is 13.0. The van der Waals surface area contributed by atoms with Crippen LogP contribution >= 0.6 is 11.8 Å². The average molecular weight is 270 g/mol. The number of hydrogen-bond acceptors (Lipinski definition) is 3. The Labute approximate surface area is 115 Å². The number of nitrogens with two attached hydrogens (primary N) is 1. The first-order valence-corrected chi connectivity index (χ1v) is 8.60. The van der Waals surface area contributed by atoms with Gasteiger partial charge in [0.2, 0.25) is 5.91 Å². The zero-order valence-electron chi connectivity index (χ0n) is 11.5. The van der Waals surface area contributed by atoms with Gasteiger partial charge < -0.3 is 10.6 Å². The lowest BCUT2D eigenvalue weighted by Gasteiger charge is -2.40. The maximum Gasteiger partial charge on any atom is 0.239 e. The second-order valence-electron chi connectivity index (χ2n) is 5.92. The highest BCUT2D eigenvalue weighted by atomic mass is 32.2. The molecule has 1 spiro atoms. The summed E-state index contributed by atoms with van der Waals surface area (Å²) in [5.41, 5.74) is 6.56. The smallest absolute Gasteiger partial charge is 0.239 e. The fourth-order valence-electron chi connectivity index (χ4n) is 3.43. The maximum atomic E-state index is 12.2. The molecular formula is C14H26N2OS. The van der Waals surface area contributed by atoms with E-state index in [0.717, 1.165) is 25.3 Å². The molecule has 1 heterocycles. The highest BCUT2D eigenvalue weighted by Crippen LogP contribution is 2.46. The first kappa shape index (κ1) is 14.2. The zero-order valence-corrected chi connectivity index (χ0v) is 12.3. The quantitative estimate of drug-likeness (QED) is 0.852. The molecule has 0 aromatic carbocycles. The van der Waals surface area contributed by atoms with Crippen molar-refractivity contribution < 1.29 is 4.79 Å². The van der Waals surface area contributed by atoms with E-state index in [4.69, 9.17) is 5.73 Å². The molecule has 2 N–H and O–H groups in total. The van der Waals surface area contributed by atoms with Gasteiger partial charge >= 0.3 is 0 Å². The summed E-state index contributed by atoms with van der Waals surface area (Å²) < 4.78 is 0. The number of likely N-dealkylation sites (tertiary alicyclic amines) is 1. The molecule has 1 saturated heterocycles. The number of nitrogens with zero attached hydrogens (tertiary/aromatic N) is 1. The van der Waals surface area contributed by atoms with E-state index in [9.17, 15) is 4.79 Å². The number of rotatable bonds is 4. The van der Waals surface area contributed by atoms with Gasteiger partial charge in [-0.2, -0.15) is 11.8 Å². The molecule has 2 aliphatic rings. The van der Waals surface area contributed by atoms with Crippen molar-refractivity contribution in [3.8, 4) is 0 Å². The van der Waals surface area contributed by atoms with Crippen molar-refractivity contribution in [1.29, 1.82) is 0 Å². The van der Waals surface area contributed by atoms with Gasteiger partial charge in [-0.05, 0) is 49.5 Å². The van der Waals surface area contributed by atoms with Gasteiger partial charge in [0.1, 0.15) is 0 Å². The SMILES string of the molecule is CSCC[C@@H](N)C(=O)N1CCC2(CCCC2)CC1. The Hall–Kier alpha value is -0.220. The summed E-state index contributed by atoms with van der Waals surface area (Å²) in [6.07, 6.45) is 10.8. The van der Waals surface area contributed by atoms with Gasteiger partial charge in [-0.1, -0.05) is 12.8 Å². The summed E-state index contributed by atoms with van der Waals surface area (Å²) in [5.74, 6) is 1.15. The van der Waals surface area contributed by atoms with Gasteiger partial charge in [0, 0.05) is 13.1 Å². The Balaban J connectivity index is 1.79. The molecule has 1 saturated carbocycles. The molecule has 1 atom stereocenters. The third kappa shape index (κ3) is 3.21. The van der Waals surface area contributed by atoms with Crippen molar-refractivity contribution in [1.82, 2.24) is 4.90 Å². The standard InChI is InChI=1S/C14H26N2OS/c1-18-11-4-12(15)13(17)16-9-7-14(8-10-16)5-2-3-6-14/h12H,2-11,15H2,1H3/t12-/m1/s1. The number of piperidine rings is 1. The molecule has 2 fully saturated rings. The highest BCUT2D eigenvalue weighted by Gasteiger charge is 2.38. The van der Waals surface area contributed by atoms with Crippen LogP contribution in [0.15, 0.2) is 0 Å². The Morgan fingerprint density at radius 1 is 1.28 bits per heavy atom. The van der Waals surface area contributed by atoms with E-state index in [-0.39, 0.29) is 11.9 Å². The molecule has 104 valence electrons. The Morgan fingerprint density at radius 2 is 1.89 bits per heavy atom. The monoisotopic (exact) mass is 270 g/mol. The lowest BCUT2D eigenvalue weighted by atomic mass is 9.77. The van der Waals surface area contributed by atoms with Crippen LogP contribution < -0.4 is 5.73 Å². The van der Waals surface area contributed by atoms with E-state index >= 15 is 0 Å². The summed E-state index contributed by atoms with van der Waals surface area (Å²) >= 11 is 1.76. The Bertz CT molecular complexity index is 280. The Kier molecular flexibility index (Phi) is 4.96. The van der Waals surface area contributed by atoms with Crippen molar-refractivity contribution >= 4 is 17.7 Å². The summed E-state index contributed by atoms with van der Waals surface area (Å²) in [6.45, 7) is 1.87. The number of carbonyl (C=O) groups is 1. The average Bonchev–Trinajstić information content (AvgIpc) is 2.84. The molecule has 18 heavy (non-hydrogen) atoms. The molecule has 1 amide bonds. The molecule has 0 unspecified atom stereocenters. The van der Waals surface area contributed by atoms with Crippen molar-refractivity contribution in [2.24, 2.45) is 11.1 Å². The van der Waals surface area contributed by atoms with Crippen molar-refractivity contribution in [3.05, 3.63) is 0 Å². The number of thioether (sulfide) groups is 1. The highest BCUT2D eigenvalue weighted by molar-refractivity contribution is 7.98. The van der Waals surface area contributed by atoms with Crippen LogP contribution in [0.2, 0.25) is 0 Å². The van der Waals surface area contributed by atoms with Gasteiger partial charge in [-0.15, -0.1) is 0 Å². The van der Waals surface area contributed by atoms with Crippen LogP contribution in [-0.2, 0) is 4.79 Å². The molecule has 2 rings (SSSR count). The summed E-state index contributed by atoms with van der Waals surface area (Å²) in [5, 5.41) is 0. The first-order valence-electron chi connectivity index (χ1n) is 7.20. The van der Waals surface area contributed by atoms with E-state index in [1.165, 1.54) is 38.5 Å². The molecule has 1 aliphatic heterocycles. The van der Waals surface area contributed by atoms with Crippen LogP contribution in [0.1, 0.15) is 44.9 Å². The number of carbonyl (C=O) groups excluding carboxylic acids is 1. The predicted octanol–water partition coefficient (Wildman–Crippen LogP) is 2.25. The van der Waals surface area contributed by atoms with Crippen molar-refractivity contribution in [2.75, 3.05) is 25.1 Å². The number of hydrogen-bond donors (Lipinski definition) is 1. The molecule has 0 bridgehead atoms. The van der Waals surface area contributed by atoms with Gasteiger partial charge in [0.25, 0.3) is 0 Å². The molecular weight excluding hydrogens is 244 g/mol. The van der Waals surface area contributed by atoms with Gasteiger partial charge in [0.05, 0.1) is 6.04 Å². The molecule has 1 aliphatic carbocycles. The van der Waals surface area contributed by atoms with Gasteiger partial charge in [-0.3, -0.25) is 4.79 Å². The predicted molar refractivity (Wildman–Crippen MR) is 77.7 cm³/mol. The fourth-order valence-corrected chi connectivity index (χ4v) is 3.92. The second kappa shape index (κ2) is 6.29. The minimum absolute atomic E-state index is 0.178. The van der Waals surface area contributed by atoms with Crippen LogP contribution in [0.25, 0.3) is 0 Å². The normalized spacial score (nSPS) is 24.4. The van der Waals surface area contributed by atoms with Crippen LogP contribution in [0, 0.1) is 5.41 Å².